The van der Waals surface area contributed by atoms with E-state index >= 15 is 4.39 Å². The molecule has 1 saturated heterocycles. The third-order valence-electron chi connectivity index (χ3n) is 6.55. The zero-order valence-corrected chi connectivity index (χ0v) is 19.9. The molecule has 1 aliphatic heterocycles. The predicted octanol–water partition coefficient (Wildman–Crippen LogP) is 5.75. The second kappa shape index (κ2) is 9.12. The molecule has 2 fully saturated rings. The number of ether oxygens (including phenoxy) is 1. The van der Waals surface area contributed by atoms with E-state index in [1.807, 2.05) is 30.3 Å². The van der Waals surface area contributed by atoms with Crippen molar-refractivity contribution >= 4 is 34.6 Å². The Labute approximate surface area is 214 Å². The van der Waals surface area contributed by atoms with Gasteiger partial charge >= 0.3 is 6.18 Å². The molecule has 1 amide bonds. The molecule has 0 N–H and O–H groups in total. The normalized spacial score (nSPS) is 16.6. The van der Waals surface area contributed by atoms with E-state index in [4.69, 9.17) is 22.2 Å². The molecule has 2 aromatic carbocycles. The number of nitriles is 1. The molecule has 1 aromatic heterocycles. The Balaban J connectivity index is 1.48. The summed E-state index contributed by atoms with van der Waals surface area (Å²) < 4.78 is 61.2. The van der Waals surface area contributed by atoms with Crippen LogP contribution >= 0.6 is 12.2 Å². The van der Waals surface area contributed by atoms with E-state index in [0.29, 0.717) is 25.3 Å². The van der Waals surface area contributed by atoms with Crippen molar-refractivity contribution in [3.8, 4) is 11.8 Å². The van der Waals surface area contributed by atoms with Crippen LogP contribution in [0.3, 0.4) is 0 Å². The van der Waals surface area contributed by atoms with Crippen molar-refractivity contribution in [3.63, 3.8) is 0 Å². The molecule has 37 heavy (non-hydrogen) atoms. The van der Waals surface area contributed by atoms with Gasteiger partial charge in [-0.1, -0.05) is 30.3 Å². The summed E-state index contributed by atoms with van der Waals surface area (Å²) in [5.74, 6) is -1.18. The number of amides is 1. The molecule has 1 aliphatic carbocycles. The summed E-state index contributed by atoms with van der Waals surface area (Å²) in [5, 5.41) is 8.95. The van der Waals surface area contributed by atoms with Crippen molar-refractivity contribution in [1.82, 2.24) is 4.98 Å². The molecule has 1 saturated carbocycles. The second-order valence-corrected chi connectivity index (χ2v) is 9.10. The Hall–Kier alpha value is -4.04. The number of hydrogen-bond donors (Lipinski definition) is 0. The topological polar surface area (TPSA) is 69.5 Å². The van der Waals surface area contributed by atoms with Crippen molar-refractivity contribution in [2.45, 2.75) is 37.6 Å². The molecule has 11 heteroatoms. The maximum atomic E-state index is 15.0. The third-order valence-corrected chi connectivity index (χ3v) is 6.91. The highest BCUT2D eigenvalue weighted by atomic mass is 32.1. The van der Waals surface area contributed by atoms with Crippen molar-refractivity contribution in [3.05, 3.63) is 83.4 Å². The first-order valence-electron chi connectivity index (χ1n) is 11.3. The van der Waals surface area contributed by atoms with E-state index < -0.39 is 34.7 Å². The average molecular weight is 527 g/mol. The summed E-state index contributed by atoms with van der Waals surface area (Å²) in [6.45, 7) is 0.155. The Morgan fingerprint density at radius 3 is 2.43 bits per heavy atom. The monoisotopic (exact) mass is 526 g/mol. The van der Waals surface area contributed by atoms with E-state index in [2.05, 4.69) is 4.98 Å². The SMILES string of the molecule is N#Cc1ncc(N2C(=O)C3(CCC3)N(c3ccc(OCc4ccccc4)c(F)c3)C2=S)cc1C(F)(F)F. The summed E-state index contributed by atoms with van der Waals surface area (Å²) in [7, 11) is 0. The van der Waals surface area contributed by atoms with Crippen molar-refractivity contribution in [2.75, 3.05) is 9.80 Å². The zero-order valence-electron chi connectivity index (χ0n) is 19.1. The van der Waals surface area contributed by atoms with Crippen LogP contribution in [0.4, 0.5) is 28.9 Å². The minimum Gasteiger partial charge on any atom is -0.486 e. The smallest absolute Gasteiger partial charge is 0.419 e. The van der Waals surface area contributed by atoms with Gasteiger partial charge in [-0.2, -0.15) is 18.4 Å². The summed E-state index contributed by atoms with van der Waals surface area (Å²) in [4.78, 5) is 19.6. The van der Waals surface area contributed by atoms with E-state index in [0.717, 1.165) is 16.7 Å². The van der Waals surface area contributed by atoms with Gasteiger partial charge in [0.05, 0.1) is 17.4 Å². The molecule has 3 aromatic rings. The maximum Gasteiger partial charge on any atom is 0.419 e. The first kappa shape index (κ1) is 24.6. The van der Waals surface area contributed by atoms with Gasteiger partial charge in [0.1, 0.15) is 18.2 Å². The van der Waals surface area contributed by atoms with Crippen LogP contribution in [0.1, 0.15) is 36.1 Å². The number of carbonyl (C=O) groups is 1. The second-order valence-electron chi connectivity index (χ2n) is 8.73. The van der Waals surface area contributed by atoms with Gasteiger partial charge in [-0.15, -0.1) is 0 Å². The van der Waals surface area contributed by atoms with Crippen LogP contribution in [-0.2, 0) is 17.6 Å². The van der Waals surface area contributed by atoms with Gasteiger partial charge in [-0.25, -0.2) is 9.37 Å². The molecular weight excluding hydrogens is 508 g/mol. The summed E-state index contributed by atoms with van der Waals surface area (Å²) >= 11 is 5.54. The van der Waals surface area contributed by atoms with Crippen LogP contribution in [0.25, 0.3) is 0 Å². The average Bonchev–Trinajstić information content (AvgIpc) is 3.09. The molecule has 0 radical (unpaired) electrons. The number of rotatable bonds is 5. The minimum atomic E-state index is -4.86. The lowest BCUT2D eigenvalue weighted by Crippen LogP contribution is -2.55. The number of thiocarbonyl (C=S) groups is 1. The number of carbonyl (C=O) groups excluding carboxylic acids is 1. The summed E-state index contributed by atoms with van der Waals surface area (Å²) in [6, 6.07) is 15.5. The standard InChI is InChI=1S/C26H18F4N4O2S/c27-20-12-17(7-8-22(20)36-15-16-5-2-1-3-6-16)34-24(37)33(23(35)25(34)9-4-10-25)18-11-19(26(28,29)30)21(13-31)32-14-18/h1-3,5-8,11-12,14H,4,9-10,15H2. The molecule has 5 rings (SSSR count). The number of hydrogen-bond acceptors (Lipinski definition) is 5. The Kier molecular flexibility index (Phi) is 6.07. The number of halogens is 4. The van der Waals surface area contributed by atoms with Gasteiger partial charge in [0.2, 0.25) is 0 Å². The van der Waals surface area contributed by atoms with Gasteiger partial charge in [0.25, 0.3) is 5.91 Å². The third kappa shape index (κ3) is 4.17. The van der Waals surface area contributed by atoms with Gasteiger partial charge < -0.3 is 9.64 Å². The summed E-state index contributed by atoms with van der Waals surface area (Å²) in [6.07, 6.45) is -2.36. The Bertz CT molecular complexity index is 1430. The van der Waals surface area contributed by atoms with E-state index in [-0.39, 0.29) is 28.8 Å². The van der Waals surface area contributed by atoms with Crippen LogP contribution in [0.2, 0.25) is 0 Å². The van der Waals surface area contributed by atoms with Gasteiger partial charge in [-0.05, 0) is 55.2 Å². The number of pyridine rings is 1. The quantitative estimate of drug-likeness (QED) is 0.312. The lowest BCUT2D eigenvalue weighted by molar-refractivity contribution is -0.138. The highest BCUT2D eigenvalue weighted by molar-refractivity contribution is 7.81. The fraction of sp³-hybridized carbons (Fsp3) is 0.231. The Morgan fingerprint density at radius 2 is 1.84 bits per heavy atom. The number of benzene rings is 2. The number of alkyl halides is 3. The molecule has 1 spiro atoms. The fourth-order valence-electron chi connectivity index (χ4n) is 4.57. The van der Waals surface area contributed by atoms with Gasteiger partial charge in [0.15, 0.2) is 22.4 Å². The number of anilines is 2. The van der Waals surface area contributed by atoms with Gasteiger partial charge in [-0.3, -0.25) is 9.69 Å². The van der Waals surface area contributed by atoms with Crippen LogP contribution in [0, 0.1) is 17.1 Å². The van der Waals surface area contributed by atoms with E-state index in [9.17, 15) is 18.0 Å². The molecule has 0 bridgehead atoms. The lowest BCUT2D eigenvalue weighted by Gasteiger charge is -2.43. The van der Waals surface area contributed by atoms with Crippen molar-refractivity contribution in [2.24, 2.45) is 0 Å². The molecule has 6 nitrogen and oxygen atoms in total. The largest absolute Gasteiger partial charge is 0.486 e. The van der Waals surface area contributed by atoms with E-state index in [1.165, 1.54) is 23.1 Å². The first-order chi connectivity index (χ1) is 17.7. The Morgan fingerprint density at radius 1 is 1.11 bits per heavy atom. The van der Waals surface area contributed by atoms with Gasteiger partial charge in [0, 0.05) is 11.8 Å². The van der Waals surface area contributed by atoms with Crippen LogP contribution in [-0.4, -0.2) is 21.5 Å². The number of aromatic nitrogens is 1. The first-order valence-corrected chi connectivity index (χ1v) is 11.7. The van der Waals surface area contributed by atoms with Crippen LogP contribution in [0.15, 0.2) is 60.8 Å². The highest BCUT2D eigenvalue weighted by Gasteiger charge is 2.59. The molecule has 2 aliphatic rings. The molecule has 188 valence electrons. The van der Waals surface area contributed by atoms with Crippen LogP contribution < -0.4 is 14.5 Å². The zero-order chi connectivity index (χ0) is 26.4. The minimum absolute atomic E-state index is 0.00896. The maximum absolute atomic E-state index is 15.0. The number of nitrogens with zero attached hydrogens (tertiary/aromatic N) is 4. The van der Waals surface area contributed by atoms with E-state index in [1.54, 1.807) is 6.07 Å². The molecule has 0 unspecified atom stereocenters. The molecule has 2 heterocycles. The highest BCUT2D eigenvalue weighted by Crippen LogP contribution is 2.48. The van der Waals surface area contributed by atoms with Crippen LogP contribution in [0.5, 0.6) is 5.75 Å². The molecule has 0 atom stereocenters. The molecular formula is C26H18F4N4O2S. The van der Waals surface area contributed by atoms with Crippen molar-refractivity contribution < 1.29 is 27.1 Å². The summed E-state index contributed by atoms with van der Waals surface area (Å²) in [5.41, 5.74) is -2.29. The predicted molar refractivity (Wildman–Crippen MR) is 130 cm³/mol. The fourth-order valence-corrected chi connectivity index (χ4v) is 5.04. The lowest BCUT2D eigenvalue weighted by atomic mass is 9.75. The van der Waals surface area contributed by atoms with Crippen molar-refractivity contribution in [1.29, 1.82) is 5.26 Å².